The number of likely N-dealkylation sites (N-methyl/N-ethyl adjacent to an activating group) is 1. The number of ether oxygens (including phenoxy) is 4. The van der Waals surface area contributed by atoms with Crippen molar-refractivity contribution in [1.82, 2.24) is 20.1 Å². The first-order valence-corrected chi connectivity index (χ1v) is 16.6. The fourth-order valence-corrected chi connectivity index (χ4v) is 8.89. The Balaban J connectivity index is 1.41. The lowest BCUT2D eigenvalue weighted by Gasteiger charge is -2.60. The van der Waals surface area contributed by atoms with Gasteiger partial charge in [-0.2, -0.15) is 5.26 Å². The van der Waals surface area contributed by atoms with Gasteiger partial charge >= 0.3 is 0 Å². The minimum Gasteiger partial charge on any atom is -0.504 e. The number of methoxy groups -OCH3 is 4. The van der Waals surface area contributed by atoms with E-state index in [0.29, 0.717) is 57.9 Å². The lowest BCUT2D eigenvalue weighted by molar-refractivity contribution is -0.0724. The molecule has 0 radical (unpaired) electrons. The zero-order valence-corrected chi connectivity index (χ0v) is 29.2. The van der Waals surface area contributed by atoms with Gasteiger partial charge in [0.25, 0.3) is 5.91 Å². The number of fused-ring (bicyclic) bond motifs is 8. The number of pyridine rings is 1. The van der Waals surface area contributed by atoms with Gasteiger partial charge in [0.15, 0.2) is 23.0 Å². The summed E-state index contributed by atoms with van der Waals surface area (Å²) in [5, 5.41) is 38.6. The van der Waals surface area contributed by atoms with Crippen LogP contribution in [0.5, 0.6) is 34.5 Å². The zero-order chi connectivity index (χ0) is 35.6. The molecule has 0 saturated carbocycles. The molecule has 3 aliphatic heterocycles. The van der Waals surface area contributed by atoms with Crippen molar-refractivity contribution in [3.05, 3.63) is 75.5 Å². The molecule has 5 atom stereocenters. The predicted molar refractivity (Wildman–Crippen MR) is 185 cm³/mol. The van der Waals surface area contributed by atoms with Crippen LogP contribution in [0.25, 0.3) is 10.9 Å². The van der Waals surface area contributed by atoms with Crippen LogP contribution in [0.4, 0.5) is 0 Å². The highest BCUT2D eigenvalue weighted by Gasteiger charge is 2.57. The van der Waals surface area contributed by atoms with E-state index in [2.05, 4.69) is 26.2 Å². The molecular weight excluding hydrogens is 638 g/mol. The zero-order valence-electron chi connectivity index (χ0n) is 29.2. The molecule has 7 rings (SSSR count). The average molecular weight is 680 g/mol. The number of amides is 1. The highest BCUT2D eigenvalue weighted by atomic mass is 16.5. The van der Waals surface area contributed by atoms with Crippen molar-refractivity contribution in [3.63, 3.8) is 0 Å². The number of carbonyl (C=O) groups is 1. The van der Waals surface area contributed by atoms with Crippen LogP contribution in [-0.2, 0) is 12.8 Å². The Kier molecular flexibility index (Phi) is 8.36. The van der Waals surface area contributed by atoms with Gasteiger partial charge in [-0.05, 0) is 45.9 Å². The molecule has 1 amide bonds. The molecule has 12 heteroatoms. The summed E-state index contributed by atoms with van der Waals surface area (Å²) in [4.78, 5) is 22.6. The number of phenolic OH excluding ortho intramolecular Hbond substituents is 2. The Morgan fingerprint density at radius 3 is 2.08 bits per heavy atom. The van der Waals surface area contributed by atoms with Crippen molar-refractivity contribution in [2.24, 2.45) is 0 Å². The molecule has 0 unspecified atom stereocenters. The molecule has 3 aromatic carbocycles. The number of nitrogens with one attached hydrogen (secondary N) is 1. The van der Waals surface area contributed by atoms with E-state index in [1.165, 1.54) is 14.2 Å². The van der Waals surface area contributed by atoms with Crippen LogP contribution < -0.4 is 24.3 Å². The standard InChI is InChI=1S/C38H41N5O7/c1-18-34(47-4)21-15-26-31-30-22(35(48-5)19(2)37(50-7)33(30)45)14-25(42(31)3)27(16-39)43(26)28(29(21)32(44)36(18)49-6)17-40-38(46)24-13-12-20-10-8-9-11-23(20)41-24/h8-13,25-28,31,44-45H,14-15,17H2,1-7H3,(H,40,46)/t25-,26+,27+,28+,31-/m1/s1. The van der Waals surface area contributed by atoms with Gasteiger partial charge in [0.2, 0.25) is 0 Å². The Morgan fingerprint density at radius 2 is 1.46 bits per heavy atom. The maximum Gasteiger partial charge on any atom is 0.269 e. The summed E-state index contributed by atoms with van der Waals surface area (Å²) < 4.78 is 23.3. The first-order chi connectivity index (χ1) is 24.1. The maximum absolute atomic E-state index is 13.7. The first-order valence-electron chi connectivity index (χ1n) is 16.6. The van der Waals surface area contributed by atoms with E-state index in [-0.39, 0.29) is 41.4 Å². The molecule has 0 spiro atoms. The number of hydrogen-bond acceptors (Lipinski definition) is 11. The molecule has 1 aromatic heterocycles. The number of nitriles is 1. The molecule has 1 saturated heterocycles. The topological polar surface area (TPSA) is 150 Å². The first kappa shape index (κ1) is 33.3. The summed E-state index contributed by atoms with van der Waals surface area (Å²) >= 11 is 0. The van der Waals surface area contributed by atoms with Gasteiger partial charge in [-0.1, -0.05) is 24.3 Å². The quantitative estimate of drug-likeness (QED) is 0.254. The normalized spacial score (nSPS) is 22.5. The number of aromatic nitrogens is 1. The van der Waals surface area contributed by atoms with Gasteiger partial charge in [0, 0.05) is 57.4 Å². The van der Waals surface area contributed by atoms with E-state index in [1.807, 2.05) is 51.2 Å². The van der Waals surface area contributed by atoms with Gasteiger partial charge in [0.1, 0.15) is 23.2 Å². The third-order valence-electron chi connectivity index (χ3n) is 10.9. The number of aromatic hydroxyl groups is 2. The van der Waals surface area contributed by atoms with Gasteiger partial charge in [-0.3, -0.25) is 14.6 Å². The van der Waals surface area contributed by atoms with E-state index >= 15 is 0 Å². The van der Waals surface area contributed by atoms with Crippen molar-refractivity contribution in [2.45, 2.75) is 56.9 Å². The van der Waals surface area contributed by atoms with Crippen LogP contribution in [0.2, 0.25) is 0 Å². The largest absolute Gasteiger partial charge is 0.504 e. The second-order valence-electron chi connectivity index (χ2n) is 13.2. The molecule has 12 nitrogen and oxygen atoms in total. The smallest absolute Gasteiger partial charge is 0.269 e. The fourth-order valence-electron chi connectivity index (χ4n) is 8.89. The van der Waals surface area contributed by atoms with Crippen molar-refractivity contribution in [2.75, 3.05) is 42.0 Å². The van der Waals surface area contributed by atoms with Crippen molar-refractivity contribution in [1.29, 1.82) is 5.26 Å². The molecule has 50 heavy (non-hydrogen) atoms. The van der Waals surface area contributed by atoms with Gasteiger partial charge in [-0.15, -0.1) is 0 Å². The minimum atomic E-state index is -0.683. The van der Waals surface area contributed by atoms with Crippen LogP contribution >= 0.6 is 0 Å². The van der Waals surface area contributed by atoms with E-state index < -0.39 is 24.2 Å². The lowest BCUT2D eigenvalue weighted by atomic mass is 9.71. The highest BCUT2D eigenvalue weighted by Crippen LogP contribution is 2.58. The van der Waals surface area contributed by atoms with Crippen molar-refractivity contribution in [3.8, 4) is 40.6 Å². The number of benzene rings is 3. The summed E-state index contributed by atoms with van der Waals surface area (Å²) in [5.74, 6) is 1.36. The highest BCUT2D eigenvalue weighted by molar-refractivity contribution is 5.95. The van der Waals surface area contributed by atoms with Gasteiger partial charge in [0.05, 0.1) is 52.1 Å². The fraction of sp³-hybridized carbons (Fsp3) is 0.395. The van der Waals surface area contributed by atoms with Crippen LogP contribution in [0.1, 0.15) is 56.0 Å². The molecule has 3 N–H and O–H groups in total. The SMILES string of the molecule is COc1c(C)c(OC)c2c(c1O)[C@H]1[C@@H]3Cc4c(OC)c(C)c(OC)c(O)c4[C@H](CNC(=O)c4ccc5ccccc5n4)N3[C@@H](C#N)[C@@H](C2)N1C. The average Bonchev–Trinajstić information content (AvgIpc) is 3.11. The number of piperazine rings is 1. The summed E-state index contributed by atoms with van der Waals surface area (Å²) in [6.45, 7) is 3.72. The Morgan fingerprint density at radius 1 is 0.880 bits per heavy atom. The number of hydrogen-bond donors (Lipinski definition) is 3. The molecular formula is C38H41N5O7. The number of phenols is 2. The molecule has 1 fully saturated rings. The van der Waals surface area contributed by atoms with E-state index in [1.54, 1.807) is 20.3 Å². The monoisotopic (exact) mass is 679 g/mol. The van der Waals surface area contributed by atoms with Crippen LogP contribution in [0, 0.1) is 25.2 Å². The summed E-state index contributed by atoms with van der Waals surface area (Å²) in [6, 6.07) is 11.2. The second kappa shape index (κ2) is 12.6. The Bertz CT molecular complexity index is 2080. The van der Waals surface area contributed by atoms with Gasteiger partial charge in [-0.25, -0.2) is 4.98 Å². The summed E-state index contributed by atoms with van der Waals surface area (Å²) in [6.07, 6.45) is 0.787. The number of carbonyl (C=O) groups excluding carboxylic acids is 1. The van der Waals surface area contributed by atoms with E-state index in [0.717, 1.165) is 16.5 Å². The number of para-hydroxylation sites is 1. The van der Waals surface area contributed by atoms with Crippen molar-refractivity contribution >= 4 is 16.8 Å². The Hall–Kier alpha value is -5.25. The molecule has 3 aliphatic rings. The number of nitrogens with zero attached hydrogens (tertiary/aromatic N) is 4. The Labute approximate surface area is 290 Å². The molecule has 2 bridgehead atoms. The number of rotatable bonds is 7. The van der Waals surface area contributed by atoms with Gasteiger partial charge < -0.3 is 34.5 Å². The summed E-state index contributed by atoms with van der Waals surface area (Å²) in [7, 11) is 8.16. The summed E-state index contributed by atoms with van der Waals surface area (Å²) in [5.41, 5.74) is 5.05. The predicted octanol–water partition coefficient (Wildman–Crippen LogP) is 4.50. The molecule has 4 aromatic rings. The van der Waals surface area contributed by atoms with Crippen molar-refractivity contribution < 1.29 is 34.0 Å². The lowest BCUT2D eigenvalue weighted by Crippen LogP contribution is -2.68. The van der Waals surface area contributed by atoms with Crippen LogP contribution in [0.3, 0.4) is 0 Å². The molecule has 0 aliphatic carbocycles. The van der Waals surface area contributed by atoms with Crippen LogP contribution in [-0.4, -0.2) is 91.1 Å². The van der Waals surface area contributed by atoms with Crippen LogP contribution in [0.15, 0.2) is 36.4 Å². The third-order valence-corrected chi connectivity index (χ3v) is 10.9. The van der Waals surface area contributed by atoms with E-state index in [4.69, 9.17) is 18.9 Å². The van der Waals surface area contributed by atoms with E-state index in [9.17, 15) is 20.3 Å². The molecule has 4 heterocycles. The third kappa shape index (κ3) is 4.71. The maximum atomic E-state index is 13.7. The second-order valence-corrected chi connectivity index (χ2v) is 13.2. The minimum absolute atomic E-state index is 0.0326. The molecule has 260 valence electrons.